The molecule has 1 N–H and O–H groups in total. The molecule has 3 heteroatoms. The molecule has 0 heterocycles. The fourth-order valence-corrected chi connectivity index (χ4v) is 2.43. The summed E-state index contributed by atoms with van der Waals surface area (Å²) in [6.45, 7) is 0. The molecule has 1 unspecified atom stereocenters. The molecule has 1 aliphatic rings. The first-order valence-corrected chi connectivity index (χ1v) is 7.43. The fraction of sp³-hybridized carbons (Fsp3) is 0.333. The molecule has 21 heavy (non-hydrogen) atoms. The Kier molecular flexibility index (Phi) is 4.20. The molecule has 2 nitrogen and oxygen atoms in total. The summed E-state index contributed by atoms with van der Waals surface area (Å²) in [4.78, 5) is 0. The SMILES string of the molecule is CNC(Cc1ccc(F)cc1)c1cccc(OC2CC2)c1. The monoisotopic (exact) mass is 285 g/mol. The van der Waals surface area contributed by atoms with Crippen LogP contribution in [0.4, 0.5) is 4.39 Å². The van der Waals surface area contributed by atoms with Gasteiger partial charge in [0.2, 0.25) is 0 Å². The Morgan fingerprint density at radius 3 is 2.62 bits per heavy atom. The summed E-state index contributed by atoms with van der Waals surface area (Å²) in [6, 6.07) is 15.1. The quantitative estimate of drug-likeness (QED) is 0.870. The van der Waals surface area contributed by atoms with Crippen LogP contribution in [0.15, 0.2) is 48.5 Å². The topological polar surface area (TPSA) is 21.3 Å². The van der Waals surface area contributed by atoms with Crippen LogP contribution in [-0.4, -0.2) is 13.2 Å². The lowest BCUT2D eigenvalue weighted by Crippen LogP contribution is -2.19. The second kappa shape index (κ2) is 6.27. The van der Waals surface area contributed by atoms with Crippen LogP contribution in [0.1, 0.15) is 30.0 Å². The van der Waals surface area contributed by atoms with Crippen LogP contribution >= 0.6 is 0 Å². The van der Waals surface area contributed by atoms with Crippen molar-refractivity contribution in [3.63, 3.8) is 0 Å². The van der Waals surface area contributed by atoms with Gasteiger partial charge in [0.1, 0.15) is 11.6 Å². The third-order valence-corrected chi connectivity index (χ3v) is 3.79. The summed E-state index contributed by atoms with van der Waals surface area (Å²) in [7, 11) is 1.95. The molecule has 2 aromatic carbocycles. The van der Waals surface area contributed by atoms with E-state index in [-0.39, 0.29) is 11.9 Å². The Morgan fingerprint density at radius 1 is 1.19 bits per heavy atom. The Balaban J connectivity index is 1.73. The van der Waals surface area contributed by atoms with Crippen molar-refractivity contribution in [1.29, 1.82) is 0 Å². The number of hydrogen-bond acceptors (Lipinski definition) is 2. The number of nitrogens with one attached hydrogen (secondary N) is 1. The predicted octanol–water partition coefficient (Wildman–Crippen LogP) is 3.87. The van der Waals surface area contributed by atoms with Crippen LogP contribution in [0.2, 0.25) is 0 Å². The van der Waals surface area contributed by atoms with Crippen LogP contribution < -0.4 is 10.1 Å². The van der Waals surface area contributed by atoms with Crippen molar-refractivity contribution in [2.45, 2.75) is 31.4 Å². The zero-order valence-electron chi connectivity index (χ0n) is 12.2. The molecule has 0 bridgehead atoms. The van der Waals surface area contributed by atoms with Crippen molar-refractivity contribution in [3.8, 4) is 5.75 Å². The number of likely N-dealkylation sites (N-methyl/N-ethyl adjacent to an activating group) is 1. The highest BCUT2D eigenvalue weighted by Crippen LogP contribution is 2.29. The molecule has 0 amide bonds. The first-order chi connectivity index (χ1) is 10.2. The van der Waals surface area contributed by atoms with Crippen LogP contribution in [0.5, 0.6) is 5.75 Å². The number of halogens is 1. The summed E-state index contributed by atoms with van der Waals surface area (Å²) in [5.41, 5.74) is 2.31. The molecule has 1 saturated carbocycles. The van der Waals surface area contributed by atoms with E-state index in [1.807, 2.05) is 31.3 Å². The fourth-order valence-electron chi connectivity index (χ4n) is 2.43. The van der Waals surface area contributed by atoms with E-state index < -0.39 is 0 Å². The molecule has 0 saturated heterocycles. The van der Waals surface area contributed by atoms with Crippen molar-refractivity contribution in [3.05, 3.63) is 65.5 Å². The summed E-state index contributed by atoms with van der Waals surface area (Å²) in [6.07, 6.45) is 3.55. The van der Waals surface area contributed by atoms with Gasteiger partial charge in [0, 0.05) is 6.04 Å². The van der Waals surface area contributed by atoms with E-state index >= 15 is 0 Å². The predicted molar refractivity (Wildman–Crippen MR) is 82.0 cm³/mol. The van der Waals surface area contributed by atoms with E-state index in [0.29, 0.717) is 6.10 Å². The van der Waals surface area contributed by atoms with E-state index in [2.05, 4.69) is 17.4 Å². The van der Waals surface area contributed by atoms with Crippen LogP contribution in [-0.2, 0) is 6.42 Å². The van der Waals surface area contributed by atoms with Crippen molar-refractivity contribution in [2.75, 3.05) is 7.05 Å². The molecule has 0 spiro atoms. The Morgan fingerprint density at radius 2 is 1.95 bits per heavy atom. The number of benzene rings is 2. The highest BCUT2D eigenvalue weighted by atomic mass is 19.1. The normalized spacial score (nSPS) is 15.7. The van der Waals surface area contributed by atoms with Gasteiger partial charge in [0.05, 0.1) is 6.10 Å². The smallest absolute Gasteiger partial charge is 0.123 e. The number of ether oxygens (including phenoxy) is 1. The minimum absolute atomic E-state index is 0.193. The van der Waals surface area contributed by atoms with Crippen LogP contribution in [0, 0.1) is 5.82 Å². The molecule has 1 aliphatic carbocycles. The van der Waals surface area contributed by atoms with Gasteiger partial charge in [0.15, 0.2) is 0 Å². The largest absolute Gasteiger partial charge is 0.490 e. The Bertz CT molecular complexity index is 592. The number of rotatable bonds is 6. The van der Waals surface area contributed by atoms with Gasteiger partial charge in [-0.3, -0.25) is 0 Å². The molecule has 3 rings (SSSR count). The lowest BCUT2D eigenvalue weighted by molar-refractivity contribution is 0.302. The molecule has 2 aromatic rings. The summed E-state index contributed by atoms with van der Waals surface area (Å²) < 4.78 is 18.8. The van der Waals surface area contributed by atoms with Gasteiger partial charge < -0.3 is 10.1 Å². The van der Waals surface area contributed by atoms with Gasteiger partial charge in [-0.25, -0.2) is 4.39 Å². The molecule has 0 radical (unpaired) electrons. The van der Waals surface area contributed by atoms with E-state index in [1.165, 1.54) is 17.7 Å². The highest BCUT2D eigenvalue weighted by Gasteiger charge is 2.23. The van der Waals surface area contributed by atoms with Crippen LogP contribution in [0.25, 0.3) is 0 Å². The highest BCUT2D eigenvalue weighted by molar-refractivity contribution is 5.32. The van der Waals surface area contributed by atoms with E-state index in [4.69, 9.17) is 4.74 Å². The third-order valence-electron chi connectivity index (χ3n) is 3.79. The zero-order valence-corrected chi connectivity index (χ0v) is 12.2. The summed E-state index contributed by atoms with van der Waals surface area (Å²) >= 11 is 0. The minimum Gasteiger partial charge on any atom is -0.490 e. The van der Waals surface area contributed by atoms with Gasteiger partial charge >= 0.3 is 0 Å². The van der Waals surface area contributed by atoms with Crippen molar-refractivity contribution >= 4 is 0 Å². The lowest BCUT2D eigenvalue weighted by Gasteiger charge is -2.18. The maximum Gasteiger partial charge on any atom is 0.123 e. The van der Waals surface area contributed by atoms with Gasteiger partial charge in [-0.1, -0.05) is 24.3 Å². The molecular formula is C18H20FNO. The van der Waals surface area contributed by atoms with Crippen molar-refractivity contribution in [1.82, 2.24) is 5.32 Å². The van der Waals surface area contributed by atoms with Crippen molar-refractivity contribution < 1.29 is 9.13 Å². The van der Waals surface area contributed by atoms with Gasteiger partial charge in [0.25, 0.3) is 0 Å². The molecule has 1 atom stereocenters. The van der Waals surface area contributed by atoms with Gasteiger partial charge in [-0.05, 0) is 61.7 Å². The van der Waals surface area contributed by atoms with Gasteiger partial charge in [-0.15, -0.1) is 0 Å². The van der Waals surface area contributed by atoms with Crippen molar-refractivity contribution in [2.24, 2.45) is 0 Å². The summed E-state index contributed by atoms with van der Waals surface area (Å²) in [5.74, 6) is 0.744. The lowest BCUT2D eigenvalue weighted by atomic mass is 9.99. The van der Waals surface area contributed by atoms with Crippen LogP contribution in [0.3, 0.4) is 0 Å². The third kappa shape index (κ3) is 3.82. The maximum absolute atomic E-state index is 13.0. The Labute approximate surface area is 125 Å². The Hall–Kier alpha value is -1.87. The molecule has 110 valence electrons. The average molecular weight is 285 g/mol. The average Bonchev–Trinajstić information content (AvgIpc) is 3.31. The van der Waals surface area contributed by atoms with E-state index in [1.54, 1.807) is 0 Å². The summed E-state index contributed by atoms with van der Waals surface area (Å²) in [5, 5.41) is 3.33. The first kappa shape index (κ1) is 14.1. The first-order valence-electron chi connectivity index (χ1n) is 7.43. The molecule has 0 aromatic heterocycles. The zero-order chi connectivity index (χ0) is 14.7. The second-order valence-electron chi connectivity index (χ2n) is 5.56. The standard InChI is InChI=1S/C18H20FNO/c1-20-18(11-13-5-7-15(19)8-6-13)14-3-2-4-17(12-14)21-16-9-10-16/h2-8,12,16,18,20H,9-11H2,1H3. The number of hydrogen-bond donors (Lipinski definition) is 1. The minimum atomic E-state index is -0.195. The van der Waals surface area contributed by atoms with Gasteiger partial charge in [-0.2, -0.15) is 0 Å². The maximum atomic E-state index is 13.0. The van der Waals surface area contributed by atoms with E-state index in [9.17, 15) is 4.39 Å². The molecule has 1 fully saturated rings. The second-order valence-corrected chi connectivity index (χ2v) is 5.56. The van der Waals surface area contributed by atoms with E-state index in [0.717, 1.165) is 30.6 Å². The molecule has 0 aliphatic heterocycles. The molecular weight excluding hydrogens is 265 g/mol.